The molecule has 0 aromatic heterocycles. The van der Waals surface area contributed by atoms with E-state index in [9.17, 15) is 8.42 Å². The molecule has 0 amide bonds. The molecule has 0 spiro atoms. The van der Waals surface area contributed by atoms with Gasteiger partial charge in [0.05, 0.1) is 12.9 Å². The van der Waals surface area contributed by atoms with Crippen molar-refractivity contribution in [2.75, 3.05) is 40.0 Å². The zero-order valence-electron chi connectivity index (χ0n) is 13.9. The number of rotatable bonds is 6. The topological polar surface area (TPSA) is 49.9 Å². The fraction of sp³-hybridized carbons (Fsp3) is 0.625. The largest absolute Gasteiger partial charge is 0.497 e. The maximum absolute atomic E-state index is 11.8. The zero-order chi connectivity index (χ0) is 16.3. The summed E-state index contributed by atoms with van der Waals surface area (Å²) in [6.45, 7) is 3.95. The van der Waals surface area contributed by atoms with Crippen molar-refractivity contribution in [3.05, 3.63) is 29.3 Å². The Labute approximate surface area is 133 Å². The number of sulfonamides is 1. The molecule has 5 nitrogen and oxygen atoms in total. The van der Waals surface area contributed by atoms with Crippen molar-refractivity contribution in [3.8, 4) is 5.75 Å². The Bertz CT molecular complexity index is 614. The third-order valence-corrected chi connectivity index (χ3v) is 6.34. The van der Waals surface area contributed by atoms with Crippen LogP contribution in [0.1, 0.15) is 30.5 Å². The zero-order valence-corrected chi connectivity index (χ0v) is 14.7. The average Bonchev–Trinajstić information content (AvgIpc) is 2.49. The van der Waals surface area contributed by atoms with E-state index in [2.05, 4.69) is 24.0 Å². The van der Waals surface area contributed by atoms with Crippen LogP contribution in [0.2, 0.25) is 0 Å². The van der Waals surface area contributed by atoms with E-state index in [0.717, 1.165) is 25.3 Å². The van der Waals surface area contributed by atoms with Crippen molar-refractivity contribution in [3.63, 3.8) is 0 Å². The van der Waals surface area contributed by atoms with Gasteiger partial charge in [-0.05, 0) is 49.6 Å². The Balaban J connectivity index is 2.00. The van der Waals surface area contributed by atoms with Gasteiger partial charge in [0.15, 0.2) is 0 Å². The first-order chi connectivity index (χ1) is 10.3. The Hall–Kier alpha value is -1.11. The molecule has 6 heteroatoms. The summed E-state index contributed by atoms with van der Waals surface area (Å²) in [5.41, 5.74) is 2.66. The summed E-state index contributed by atoms with van der Waals surface area (Å²) < 4.78 is 30.3. The summed E-state index contributed by atoms with van der Waals surface area (Å²) in [6, 6.07) is 6.53. The lowest BCUT2D eigenvalue weighted by atomic mass is 9.93. The molecule has 0 saturated heterocycles. The maximum atomic E-state index is 11.8. The van der Waals surface area contributed by atoms with E-state index < -0.39 is 10.0 Å². The second kappa shape index (κ2) is 6.98. The van der Waals surface area contributed by atoms with Crippen molar-refractivity contribution >= 4 is 10.0 Å². The van der Waals surface area contributed by atoms with Gasteiger partial charge in [-0.2, -0.15) is 0 Å². The highest BCUT2D eigenvalue weighted by Crippen LogP contribution is 2.32. The molecule has 1 aliphatic heterocycles. The summed E-state index contributed by atoms with van der Waals surface area (Å²) in [6.07, 6.45) is 1.66. The molecule has 22 heavy (non-hydrogen) atoms. The van der Waals surface area contributed by atoms with Crippen LogP contribution in [0.4, 0.5) is 0 Å². The van der Waals surface area contributed by atoms with E-state index in [4.69, 9.17) is 4.74 Å². The summed E-state index contributed by atoms with van der Waals surface area (Å²) >= 11 is 0. The Morgan fingerprint density at radius 3 is 2.73 bits per heavy atom. The SMILES string of the molecule is COc1ccc2c(c1)C(C)N(CCCS(=O)(=O)N(C)C)CC2. The molecule has 2 rings (SSSR count). The van der Waals surface area contributed by atoms with Crippen LogP contribution in [0, 0.1) is 0 Å². The molecular weight excluding hydrogens is 300 g/mol. The monoisotopic (exact) mass is 326 g/mol. The van der Waals surface area contributed by atoms with Crippen molar-refractivity contribution < 1.29 is 13.2 Å². The number of benzene rings is 1. The van der Waals surface area contributed by atoms with Gasteiger partial charge in [-0.3, -0.25) is 4.90 Å². The molecule has 0 N–H and O–H groups in total. The van der Waals surface area contributed by atoms with Crippen molar-refractivity contribution in [2.24, 2.45) is 0 Å². The number of ether oxygens (including phenoxy) is 1. The predicted octanol–water partition coefficient (Wildman–Crippen LogP) is 1.90. The summed E-state index contributed by atoms with van der Waals surface area (Å²) in [5, 5.41) is 0. The highest BCUT2D eigenvalue weighted by Gasteiger charge is 2.24. The molecule has 1 heterocycles. The third-order valence-electron chi connectivity index (χ3n) is 4.42. The van der Waals surface area contributed by atoms with Gasteiger partial charge >= 0.3 is 0 Å². The van der Waals surface area contributed by atoms with Gasteiger partial charge in [0.25, 0.3) is 0 Å². The lowest BCUT2D eigenvalue weighted by Gasteiger charge is -2.35. The smallest absolute Gasteiger partial charge is 0.213 e. The van der Waals surface area contributed by atoms with E-state index in [-0.39, 0.29) is 5.75 Å². The molecule has 1 atom stereocenters. The van der Waals surface area contributed by atoms with Gasteiger partial charge in [-0.1, -0.05) is 6.07 Å². The molecule has 1 aromatic carbocycles. The highest BCUT2D eigenvalue weighted by molar-refractivity contribution is 7.89. The standard InChI is InChI=1S/C16H26N2O3S/c1-13-16-12-15(21-4)7-6-14(16)8-10-18(13)9-5-11-22(19,20)17(2)3/h6-7,12-13H,5,8-11H2,1-4H3. The van der Waals surface area contributed by atoms with Crippen LogP contribution in [0.15, 0.2) is 18.2 Å². The van der Waals surface area contributed by atoms with Crippen LogP contribution in [0.5, 0.6) is 5.75 Å². The molecular formula is C16H26N2O3S. The second-order valence-electron chi connectivity index (χ2n) is 5.98. The quantitative estimate of drug-likeness (QED) is 0.801. The molecule has 1 unspecified atom stereocenters. The van der Waals surface area contributed by atoms with Gasteiger partial charge in [0.2, 0.25) is 10.0 Å². The second-order valence-corrected chi connectivity index (χ2v) is 8.28. The molecule has 0 aliphatic carbocycles. The minimum absolute atomic E-state index is 0.203. The van der Waals surface area contributed by atoms with E-state index in [1.807, 2.05) is 6.07 Å². The summed E-state index contributed by atoms with van der Waals surface area (Å²) in [4.78, 5) is 2.35. The summed E-state index contributed by atoms with van der Waals surface area (Å²) in [7, 11) is 1.75. The van der Waals surface area contributed by atoms with Gasteiger partial charge in [-0.15, -0.1) is 0 Å². The van der Waals surface area contributed by atoms with Gasteiger partial charge in [0, 0.05) is 26.7 Å². The maximum Gasteiger partial charge on any atom is 0.213 e. The fourth-order valence-corrected chi connectivity index (χ4v) is 3.77. The normalized spacial score (nSPS) is 19.2. The van der Waals surface area contributed by atoms with Gasteiger partial charge in [0.1, 0.15) is 5.75 Å². The molecule has 0 radical (unpaired) electrons. The van der Waals surface area contributed by atoms with Gasteiger partial charge < -0.3 is 4.74 Å². The van der Waals surface area contributed by atoms with E-state index in [0.29, 0.717) is 12.5 Å². The van der Waals surface area contributed by atoms with Crippen molar-refractivity contribution in [2.45, 2.75) is 25.8 Å². The van der Waals surface area contributed by atoms with Crippen LogP contribution in [0.25, 0.3) is 0 Å². The minimum Gasteiger partial charge on any atom is -0.497 e. The van der Waals surface area contributed by atoms with Crippen LogP contribution in [0.3, 0.4) is 0 Å². The molecule has 1 aromatic rings. The van der Waals surface area contributed by atoms with Crippen LogP contribution >= 0.6 is 0 Å². The highest BCUT2D eigenvalue weighted by atomic mass is 32.2. The third kappa shape index (κ3) is 3.80. The average molecular weight is 326 g/mol. The fourth-order valence-electron chi connectivity index (χ4n) is 2.91. The lowest BCUT2D eigenvalue weighted by Crippen LogP contribution is -2.36. The molecule has 0 fully saturated rings. The lowest BCUT2D eigenvalue weighted by molar-refractivity contribution is 0.198. The number of methoxy groups -OCH3 is 1. The molecule has 124 valence electrons. The predicted molar refractivity (Wildman–Crippen MR) is 88.8 cm³/mol. The number of fused-ring (bicyclic) bond motifs is 1. The number of hydrogen-bond acceptors (Lipinski definition) is 4. The van der Waals surface area contributed by atoms with Crippen molar-refractivity contribution in [1.29, 1.82) is 0 Å². The van der Waals surface area contributed by atoms with Crippen LogP contribution < -0.4 is 4.74 Å². The number of nitrogens with zero attached hydrogens (tertiary/aromatic N) is 2. The van der Waals surface area contributed by atoms with E-state index >= 15 is 0 Å². The van der Waals surface area contributed by atoms with Crippen molar-refractivity contribution in [1.82, 2.24) is 9.21 Å². The van der Waals surface area contributed by atoms with Crippen LogP contribution in [-0.4, -0.2) is 57.7 Å². The van der Waals surface area contributed by atoms with E-state index in [1.165, 1.54) is 15.4 Å². The Morgan fingerprint density at radius 2 is 2.09 bits per heavy atom. The minimum atomic E-state index is -3.10. The van der Waals surface area contributed by atoms with E-state index in [1.54, 1.807) is 21.2 Å². The molecule has 0 saturated carbocycles. The number of hydrogen-bond donors (Lipinski definition) is 0. The molecule has 1 aliphatic rings. The Morgan fingerprint density at radius 1 is 1.36 bits per heavy atom. The first-order valence-electron chi connectivity index (χ1n) is 7.66. The first kappa shape index (κ1) is 17.2. The Kier molecular flexibility index (Phi) is 5.47. The van der Waals surface area contributed by atoms with Gasteiger partial charge in [-0.25, -0.2) is 12.7 Å². The summed E-state index contributed by atoms with van der Waals surface area (Å²) in [5.74, 6) is 1.08. The first-order valence-corrected chi connectivity index (χ1v) is 9.27. The van der Waals surface area contributed by atoms with Crippen LogP contribution in [-0.2, 0) is 16.4 Å². The molecule has 0 bridgehead atoms.